The third-order valence-electron chi connectivity index (χ3n) is 4.06. The molecule has 6 heteroatoms. The number of nitrogens with one attached hydrogen (secondary N) is 3. The zero-order chi connectivity index (χ0) is 19.6. The lowest BCUT2D eigenvalue weighted by atomic mass is 9.99. The third-order valence-corrected chi connectivity index (χ3v) is 4.06. The van der Waals surface area contributed by atoms with E-state index in [1.165, 1.54) is 23.3 Å². The van der Waals surface area contributed by atoms with Gasteiger partial charge in [-0.2, -0.15) is 0 Å². The zero-order valence-electron chi connectivity index (χ0n) is 16.1. The van der Waals surface area contributed by atoms with Crippen LogP contribution in [0.3, 0.4) is 0 Å². The third kappa shape index (κ3) is 7.01. The fraction of sp³-hybridized carbons (Fsp3) is 0.333. The van der Waals surface area contributed by atoms with Gasteiger partial charge in [0, 0.05) is 18.8 Å². The van der Waals surface area contributed by atoms with Crippen LogP contribution in [-0.4, -0.2) is 36.6 Å². The van der Waals surface area contributed by atoms with Crippen molar-refractivity contribution in [1.29, 1.82) is 0 Å². The summed E-state index contributed by atoms with van der Waals surface area (Å²) >= 11 is 0. The molecule has 0 spiro atoms. The number of anilines is 1. The molecular formula is C21H28N4O2. The van der Waals surface area contributed by atoms with Gasteiger partial charge >= 0.3 is 0 Å². The van der Waals surface area contributed by atoms with E-state index < -0.39 is 0 Å². The van der Waals surface area contributed by atoms with Gasteiger partial charge in [-0.25, -0.2) is 4.99 Å². The Morgan fingerprint density at radius 1 is 1.15 bits per heavy atom. The van der Waals surface area contributed by atoms with Crippen LogP contribution in [0.15, 0.2) is 53.5 Å². The number of phenolic OH excluding ortho intramolecular Hbond substituents is 1. The number of guanidine groups is 1. The van der Waals surface area contributed by atoms with Crippen LogP contribution in [0.25, 0.3) is 0 Å². The second-order valence-corrected chi connectivity index (χ2v) is 6.49. The van der Waals surface area contributed by atoms with Gasteiger partial charge in [-0.3, -0.25) is 4.79 Å². The Morgan fingerprint density at radius 2 is 1.89 bits per heavy atom. The lowest BCUT2D eigenvalue weighted by Gasteiger charge is -2.16. The molecule has 0 heterocycles. The van der Waals surface area contributed by atoms with E-state index in [0.29, 0.717) is 24.1 Å². The zero-order valence-corrected chi connectivity index (χ0v) is 16.1. The summed E-state index contributed by atoms with van der Waals surface area (Å²) < 4.78 is 0. The van der Waals surface area contributed by atoms with Crippen LogP contribution in [0.2, 0.25) is 0 Å². The first-order valence-electron chi connectivity index (χ1n) is 9.15. The first kappa shape index (κ1) is 20.3. The molecule has 0 aliphatic rings. The highest BCUT2D eigenvalue weighted by molar-refractivity contribution is 5.94. The molecule has 6 nitrogen and oxygen atoms in total. The fourth-order valence-corrected chi connectivity index (χ4v) is 2.58. The van der Waals surface area contributed by atoms with Crippen LogP contribution < -0.4 is 16.0 Å². The van der Waals surface area contributed by atoms with Crippen molar-refractivity contribution >= 4 is 17.6 Å². The monoisotopic (exact) mass is 368 g/mol. The normalized spacial score (nSPS) is 12.3. The van der Waals surface area contributed by atoms with Gasteiger partial charge in [0.1, 0.15) is 12.3 Å². The SMILES string of the molecule is CCNC(=NCC(=O)Nc1ccc(O)cc1)NCC(C)c1cccc(C)c1. The highest BCUT2D eigenvalue weighted by Gasteiger charge is 2.08. The standard InChI is InChI=1S/C21H28N4O2/c1-4-22-21(23-13-16(3)17-7-5-6-15(2)12-17)24-14-20(27)25-18-8-10-19(26)11-9-18/h5-12,16,26H,4,13-14H2,1-3H3,(H,25,27)(H2,22,23,24). The number of hydrogen-bond acceptors (Lipinski definition) is 3. The van der Waals surface area contributed by atoms with E-state index in [1.807, 2.05) is 6.92 Å². The average Bonchev–Trinajstić information content (AvgIpc) is 2.65. The van der Waals surface area contributed by atoms with Crippen molar-refractivity contribution in [2.24, 2.45) is 4.99 Å². The molecule has 144 valence electrons. The molecular weight excluding hydrogens is 340 g/mol. The molecule has 2 rings (SSSR count). The highest BCUT2D eigenvalue weighted by Crippen LogP contribution is 2.15. The van der Waals surface area contributed by atoms with Gasteiger partial charge in [-0.05, 0) is 49.6 Å². The van der Waals surface area contributed by atoms with Crippen molar-refractivity contribution in [2.45, 2.75) is 26.7 Å². The van der Waals surface area contributed by atoms with Crippen LogP contribution >= 0.6 is 0 Å². The predicted octanol–water partition coefficient (Wildman–Crippen LogP) is 3.00. The molecule has 0 radical (unpaired) electrons. The minimum atomic E-state index is -0.218. The van der Waals surface area contributed by atoms with E-state index in [-0.39, 0.29) is 18.2 Å². The Morgan fingerprint density at radius 3 is 2.56 bits per heavy atom. The molecule has 0 saturated carbocycles. The predicted molar refractivity (Wildman–Crippen MR) is 110 cm³/mol. The number of aromatic hydroxyl groups is 1. The number of aliphatic imine (C=N–C) groups is 1. The summed E-state index contributed by atoms with van der Waals surface area (Å²) in [4.78, 5) is 16.4. The molecule has 0 bridgehead atoms. The number of hydrogen-bond donors (Lipinski definition) is 4. The van der Waals surface area contributed by atoms with Crippen molar-refractivity contribution in [3.8, 4) is 5.75 Å². The van der Waals surface area contributed by atoms with Gasteiger partial charge in [0.15, 0.2) is 5.96 Å². The molecule has 1 unspecified atom stereocenters. The van der Waals surface area contributed by atoms with Gasteiger partial charge in [0.2, 0.25) is 5.91 Å². The van der Waals surface area contributed by atoms with Crippen LogP contribution in [0.5, 0.6) is 5.75 Å². The van der Waals surface area contributed by atoms with Crippen LogP contribution in [0, 0.1) is 6.92 Å². The molecule has 0 fully saturated rings. The quantitative estimate of drug-likeness (QED) is 0.344. The number of phenols is 1. The van der Waals surface area contributed by atoms with E-state index in [0.717, 1.165) is 6.54 Å². The number of benzene rings is 2. The van der Waals surface area contributed by atoms with Crippen LogP contribution in [0.1, 0.15) is 30.9 Å². The second-order valence-electron chi connectivity index (χ2n) is 6.49. The molecule has 0 aromatic heterocycles. The highest BCUT2D eigenvalue weighted by atomic mass is 16.3. The molecule has 27 heavy (non-hydrogen) atoms. The van der Waals surface area contributed by atoms with Crippen molar-refractivity contribution in [3.05, 3.63) is 59.7 Å². The average molecular weight is 368 g/mol. The number of rotatable bonds is 7. The molecule has 0 saturated heterocycles. The summed E-state index contributed by atoms with van der Waals surface area (Å²) in [6.45, 7) is 7.66. The van der Waals surface area contributed by atoms with E-state index in [4.69, 9.17) is 0 Å². The first-order valence-corrected chi connectivity index (χ1v) is 9.15. The van der Waals surface area contributed by atoms with E-state index in [9.17, 15) is 9.90 Å². The summed E-state index contributed by atoms with van der Waals surface area (Å²) in [5.41, 5.74) is 3.13. The largest absolute Gasteiger partial charge is 0.508 e. The fourth-order valence-electron chi connectivity index (χ4n) is 2.58. The van der Waals surface area contributed by atoms with Crippen molar-refractivity contribution in [2.75, 3.05) is 25.0 Å². The number of aryl methyl sites for hydroxylation is 1. The van der Waals surface area contributed by atoms with Crippen LogP contribution in [0.4, 0.5) is 5.69 Å². The molecule has 2 aromatic rings. The summed E-state index contributed by atoms with van der Waals surface area (Å²) in [6.07, 6.45) is 0. The Labute approximate surface area is 160 Å². The van der Waals surface area contributed by atoms with Gasteiger partial charge in [0.25, 0.3) is 0 Å². The van der Waals surface area contributed by atoms with E-state index in [1.54, 1.807) is 12.1 Å². The van der Waals surface area contributed by atoms with Gasteiger partial charge in [0.05, 0.1) is 0 Å². The lowest BCUT2D eigenvalue weighted by Crippen LogP contribution is -2.39. The molecule has 4 N–H and O–H groups in total. The van der Waals surface area contributed by atoms with E-state index >= 15 is 0 Å². The molecule has 0 aliphatic carbocycles. The molecule has 2 aromatic carbocycles. The Bertz CT molecular complexity index is 772. The summed E-state index contributed by atoms with van der Waals surface area (Å²) in [5.74, 6) is 0.870. The first-order chi connectivity index (χ1) is 13.0. The van der Waals surface area contributed by atoms with Gasteiger partial charge in [-0.1, -0.05) is 36.8 Å². The smallest absolute Gasteiger partial charge is 0.246 e. The Kier molecular flexibility index (Phi) is 7.67. The van der Waals surface area contributed by atoms with Crippen LogP contribution in [-0.2, 0) is 4.79 Å². The van der Waals surface area contributed by atoms with Crippen molar-refractivity contribution in [3.63, 3.8) is 0 Å². The maximum absolute atomic E-state index is 12.1. The molecule has 0 aliphatic heterocycles. The van der Waals surface area contributed by atoms with Crippen molar-refractivity contribution in [1.82, 2.24) is 10.6 Å². The Balaban J connectivity index is 1.89. The number of carbonyl (C=O) groups is 1. The Hall–Kier alpha value is -3.02. The van der Waals surface area contributed by atoms with Gasteiger partial charge < -0.3 is 21.1 Å². The van der Waals surface area contributed by atoms with E-state index in [2.05, 4.69) is 59.1 Å². The maximum Gasteiger partial charge on any atom is 0.246 e. The number of amides is 1. The maximum atomic E-state index is 12.1. The molecule has 1 amide bonds. The summed E-state index contributed by atoms with van der Waals surface area (Å²) in [6, 6.07) is 14.8. The summed E-state index contributed by atoms with van der Waals surface area (Å²) in [7, 11) is 0. The molecule has 1 atom stereocenters. The van der Waals surface area contributed by atoms with Gasteiger partial charge in [-0.15, -0.1) is 0 Å². The number of nitrogens with zero attached hydrogens (tertiary/aromatic N) is 1. The number of carbonyl (C=O) groups excluding carboxylic acids is 1. The lowest BCUT2D eigenvalue weighted by molar-refractivity contribution is -0.114. The second kappa shape index (κ2) is 10.2. The topological polar surface area (TPSA) is 85.8 Å². The summed E-state index contributed by atoms with van der Waals surface area (Å²) in [5, 5.41) is 18.5. The van der Waals surface area contributed by atoms with Crippen molar-refractivity contribution < 1.29 is 9.90 Å². The minimum Gasteiger partial charge on any atom is -0.508 e. The minimum absolute atomic E-state index is 0.00896.